The van der Waals surface area contributed by atoms with Crippen LogP contribution in [0.15, 0.2) is 212 Å². The van der Waals surface area contributed by atoms with Gasteiger partial charge in [0.2, 0.25) is 0 Å². The van der Waals surface area contributed by atoms with Gasteiger partial charge in [-0.2, -0.15) is 0 Å². The van der Waals surface area contributed by atoms with E-state index in [-0.39, 0.29) is 12.3 Å². The van der Waals surface area contributed by atoms with Crippen LogP contribution >= 0.6 is 11.3 Å². The SMILES string of the molecule is Cc1ccccc1-c1cc2c3c(c1)N(c1ccc(C(C)(C)C)cc1-c1ccccc1)c1c(ccc4c1sc1ccccc14)B3N1c3ccccc3C3(c4ccccc4-c4ccccc43)c3cccc-2c31. The molecule has 3 aliphatic heterocycles. The normalized spacial score (nSPS) is 14.3. The van der Waals surface area contributed by atoms with Crippen molar-refractivity contribution in [1.29, 1.82) is 0 Å². The molecule has 10 aromatic carbocycles. The molecular weight excluding hydrogens is 864 g/mol. The summed E-state index contributed by atoms with van der Waals surface area (Å²) in [6.07, 6.45) is 0. The summed E-state index contributed by atoms with van der Waals surface area (Å²) in [5.41, 5.74) is 26.4. The minimum atomic E-state index is -0.516. The van der Waals surface area contributed by atoms with E-state index in [9.17, 15) is 0 Å². The predicted octanol–water partition coefficient (Wildman–Crippen LogP) is 16.4. The van der Waals surface area contributed by atoms with Crippen LogP contribution in [0.4, 0.5) is 28.4 Å². The molecule has 11 aromatic rings. The molecule has 1 spiro atoms. The molecule has 1 aliphatic carbocycles. The maximum atomic E-state index is 2.77. The van der Waals surface area contributed by atoms with Gasteiger partial charge >= 0.3 is 6.85 Å². The summed E-state index contributed by atoms with van der Waals surface area (Å²) in [5, 5.41) is 2.60. The number of rotatable bonds is 3. The average molecular weight is 911 g/mol. The Bertz CT molecular complexity index is 4000. The molecule has 330 valence electrons. The third-order valence-corrected chi connectivity index (χ3v) is 17.3. The van der Waals surface area contributed by atoms with E-state index in [0.29, 0.717) is 0 Å². The number of anilines is 5. The van der Waals surface area contributed by atoms with Crippen LogP contribution < -0.4 is 20.6 Å². The lowest BCUT2D eigenvalue weighted by Gasteiger charge is -2.52. The lowest BCUT2D eigenvalue weighted by Crippen LogP contribution is -2.63. The van der Waals surface area contributed by atoms with Gasteiger partial charge in [0, 0.05) is 43.7 Å². The van der Waals surface area contributed by atoms with Crippen LogP contribution in [0.25, 0.3) is 64.7 Å². The second-order valence-electron chi connectivity index (χ2n) is 20.8. The summed E-state index contributed by atoms with van der Waals surface area (Å²) in [4.78, 5) is 5.46. The Balaban J connectivity index is 1.13. The first-order chi connectivity index (χ1) is 34.3. The van der Waals surface area contributed by atoms with Crippen LogP contribution in [-0.2, 0) is 10.8 Å². The van der Waals surface area contributed by atoms with Crippen molar-refractivity contribution >= 4 is 77.7 Å². The maximum Gasteiger partial charge on any atom is 0.333 e. The van der Waals surface area contributed by atoms with Crippen LogP contribution in [0, 0.1) is 6.92 Å². The Labute approximate surface area is 413 Å². The third-order valence-electron chi connectivity index (χ3n) is 16.1. The van der Waals surface area contributed by atoms with Crippen LogP contribution in [0.2, 0.25) is 0 Å². The largest absolute Gasteiger partial charge is 0.376 e. The number of nitrogens with zero attached hydrogens (tertiary/aromatic N) is 2. The van der Waals surface area contributed by atoms with E-state index in [1.54, 1.807) is 0 Å². The highest BCUT2D eigenvalue weighted by atomic mass is 32.1. The molecule has 0 saturated carbocycles. The number of para-hydroxylation sites is 2. The van der Waals surface area contributed by atoms with Crippen LogP contribution in [0.3, 0.4) is 0 Å². The highest BCUT2D eigenvalue weighted by Gasteiger charge is 2.56. The van der Waals surface area contributed by atoms with Gasteiger partial charge in [-0.1, -0.05) is 197 Å². The van der Waals surface area contributed by atoms with Crippen molar-refractivity contribution in [2.24, 2.45) is 0 Å². The second kappa shape index (κ2) is 14.3. The average Bonchev–Trinajstić information content (AvgIpc) is 3.93. The molecule has 0 unspecified atom stereocenters. The summed E-state index contributed by atoms with van der Waals surface area (Å²) >= 11 is 1.93. The van der Waals surface area contributed by atoms with Crippen molar-refractivity contribution in [2.45, 2.75) is 38.5 Å². The molecule has 0 amide bonds. The van der Waals surface area contributed by atoms with Crippen molar-refractivity contribution in [3.05, 3.63) is 246 Å². The zero-order valence-electron chi connectivity index (χ0n) is 39.6. The summed E-state index contributed by atoms with van der Waals surface area (Å²) < 4.78 is 2.61. The molecule has 0 saturated heterocycles. The van der Waals surface area contributed by atoms with Crippen molar-refractivity contribution in [2.75, 3.05) is 9.71 Å². The van der Waals surface area contributed by atoms with Gasteiger partial charge in [-0.25, -0.2) is 0 Å². The fraction of sp³-hybridized carbons (Fsp3) is 0.0909. The first-order valence-electron chi connectivity index (χ1n) is 24.7. The van der Waals surface area contributed by atoms with Crippen molar-refractivity contribution in [3.63, 3.8) is 0 Å². The fourth-order valence-corrected chi connectivity index (χ4v) is 14.4. The number of aryl methyl sites for hydroxylation is 1. The minimum Gasteiger partial charge on any atom is -0.376 e. The van der Waals surface area contributed by atoms with Crippen LogP contribution in [0.1, 0.15) is 54.2 Å². The molecule has 2 nitrogen and oxygen atoms in total. The van der Waals surface area contributed by atoms with E-state index in [4.69, 9.17) is 0 Å². The highest BCUT2D eigenvalue weighted by Crippen LogP contribution is 2.65. The zero-order chi connectivity index (χ0) is 46.6. The number of hydrogen-bond donors (Lipinski definition) is 0. The molecule has 0 fully saturated rings. The van der Waals surface area contributed by atoms with Gasteiger partial charge in [-0.15, -0.1) is 11.3 Å². The Hall–Kier alpha value is -7.92. The lowest BCUT2D eigenvalue weighted by molar-refractivity contribution is 0.590. The number of fused-ring (bicyclic) bond motifs is 17. The van der Waals surface area contributed by atoms with Gasteiger partial charge < -0.3 is 9.71 Å². The van der Waals surface area contributed by atoms with Gasteiger partial charge in [0.1, 0.15) is 0 Å². The zero-order valence-corrected chi connectivity index (χ0v) is 40.4. The molecule has 4 aliphatic rings. The molecule has 0 bridgehead atoms. The van der Waals surface area contributed by atoms with Gasteiger partial charge in [0.25, 0.3) is 0 Å². The Morgan fingerprint density at radius 1 is 0.443 bits per heavy atom. The number of benzene rings is 10. The first kappa shape index (κ1) is 40.0. The topological polar surface area (TPSA) is 6.48 Å². The second-order valence-corrected chi connectivity index (χ2v) is 21.8. The van der Waals surface area contributed by atoms with Crippen LogP contribution in [-0.4, -0.2) is 6.85 Å². The maximum absolute atomic E-state index is 2.77. The molecule has 0 atom stereocenters. The van der Waals surface area contributed by atoms with E-state index in [1.165, 1.54) is 137 Å². The smallest absolute Gasteiger partial charge is 0.333 e. The van der Waals surface area contributed by atoms with Crippen molar-refractivity contribution < 1.29 is 0 Å². The van der Waals surface area contributed by atoms with E-state index in [0.717, 1.165) is 0 Å². The molecule has 0 N–H and O–H groups in total. The van der Waals surface area contributed by atoms with Gasteiger partial charge in [0.15, 0.2) is 0 Å². The van der Waals surface area contributed by atoms with E-state index < -0.39 is 5.41 Å². The minimum absolute atomic E-state index is 0.0452. The Morgan fingerprint density at radius 3 is 1.87 bits per heavy atom. The van der Waals surface area contributed by atoms with Gasteiger partial charge in [0.05, 0.1) is 21.5 Å². The number of thiophene rings is 1. The predicted molar refractivity (Wildman–Crippen MR) is 298 cm³/mol. The van der Waals surface area contributed by atoms with E-state index in [2.05, 4.69) is 250 Å². The van der Waals surface area contributed by atoms with Crippen LogP contribution in [0.5, 0.6) is 0 Å². The summed E-state index contributed by atoms with van der Waals surface area (Å²) in [5.74, 6) is 0. The Morgan fingerprint density at radius 2 is 1.10 bits per heavy atom. The first-order valence-corrected chi connectivity index (χ1v) is 25.5. The van der Waals surface area contributed by atoms with E-state index >= 15 is 0 Å². The molecule has 4 heteroatoms. The molecule has 4 heterocycles. The lowest BCUT2D eigenvalue weighted by atomic mass is 9.42. The van der Waals surface area contributed by atoms with Crippen molar-refractivity contribution in [1.82, 2.24) is 0 Å². The standard InChI is InChI=1S/C66H47BN2S/c1-40-19-8-9-22-44(40)42-37-51-48-26-18-30-55-62(48)69(58-31-16-15-29-54(58)66(55)52-27-13-10-23-45(52)46-24-11-14-28-53(46)66)67-56-35-34-49-47-25-12-17-32-60(47)70-64(49)63(56)68(59(38-42)61(51)67)57-36-33-43(65(2,3)4)39-50(57)41-20-6-5-7-21-41/h5-39H,1-4H3. The molecule has 0 radical (unpaired) electrons. The van der Waals surface area contributed by atoms with Gasteiger partial charge in [-0.3, -0.25) is 0 Å². The molecule has 70 heavy (non-hydrogen) atoms. The fourth-order valence-electron chi connectivity index (χ4n) is 13.1. The molecule has 15 rings (SSSR count). The monoisotopic (exact) mass is 910 g/mol. The summed E-state index contributed by atoms with van der Waals surface area (Å²) in [6.45, 7) is 9.11. The van der Waals surface area contributed by atoms with Crippen molar-refractivity contribution in [3.8, 4) is 44.5 Å². The summed E-state index contributed by atoms with van der Waals surface area (Å²) in [6, 6.07) is 81.2. The van der Waals surface area contributed by atoms with E-state index in [1.807, 2.05) is 11.3 Å². The van der Waals surface area contributed by atoms with Gasteiger partial charge in [-0.05, 0) is 126 Å². The Kier molecular flexibility index (Phi) is 8.19. The summed E-state index contributed by atoms with van der Waals surface area (Å²) in [7, 11) is 0. The number of hydrogen-bond acceptors (Lipinski definition) is 3. The quantitative estimate of drug-likeness (QED) is 0.163. The third kappa shape index (κ3) is 5.19. The highest BCUT2D eigenvalue weighted by molar-refractivity contribution is 7.26. The molecule has 1 aromatic heterocycles. The molecular formula is C66H47BN2S.